The molecule has 51 heavy (non-hydrogen) atoms. The van der Waals surface area contributed by atoms with E-state index in [1.54, 1.807) is 0 Å². The second kappa shape index (κ2) is 12.1. The van der Waals surface area contributed by atoms with Crippen LogP contribution in [0.25, 0.3) is 40.1 Å². The molecule has 4 aromatic carbocycles. The van der Waals surface area contributed by atoms with Gasteiger partial charge in [-0.1, -0.05) is 79.8 Å². The molecule has 0 saturated carbocycles. The van der Waals surface area contributed by atoms with Crippen molar-refractivity contribution in [3.05, 3.63) is 161 Å². The van der Waals surface area contributed by atoms with Gasteiger partial charge in [-0.2, -0.15) is 15.8 Å². The fourth-order valence-electron chi connectivity index (χ4n) is 8.40. The number of nitriles is 3. The predicted octanol–water partition coefficient (Wildman–Crippen LogP) is 10.2. The minimum Gasteiger partial charge on any atom is -0.333 e. The van der Waals surface area contributed by atoms with E-state index in [1.165, 1.54) is 22.4 Å². The van der Waals surface area contributed by atoms with Gasteiger partial charge in [-0.05, 0) is 113 Å². The molecule has 0 spiro atoms. The lowest BCUT2D eigenvalue weighted by molar-refractivity contribution is 0.702. The Balaban J connectivity index is 1.07. The summed E-state index contributed by atoms with van der Waals surface area (Å²) in [7, 11) is 0. The molecule has 4 unspecified atom stereocenters. The molecule has 1 aliphatic heterocycles. The van der Waals surface area contributed by atoms with E-state index in [2.05, 4.69) is 138 Å². The molecule has 0 saturated heterocycles. The summed E-state index contributed by atoms with van der Waals surface area (Å²) in [6.45, 7) is 2.24. The zero-order chi connectivity index (χ0) is 34.6. The van der Waals surface area contributed by atoms with Crippen LogP contribution in [0.1, 0.15) is 52.0 Å². The largest absolute Gasteiger partial charge is 0.333 e. The van der Waals surface area contributed by atoms with Crippen molar-refractivity contribution in [2.24, 2.45) is 11.8 Å². The van der Waals surface area contributed by atoms with E-state index < -0.39 is 0 Å². The highest BCUT2D eigenvalue weighted by Gasteiger charge is 2.37. The molecule has 242 valence electrons. The molecule has 0 N–H and O–H groups in total. The number of nitrogens with zero attached hydrogens (tertiary/aromatic N) is 5. The monoisotopic (exact) mass is 655 g/mol. The summed E-state index contributed by atoms with van der Waals surface area (Å²) < 4.78 is 2.33. The zero-order valence-electron chi connectivity index (χ0n) is 28.2. The van der Waals surface area contributed by atoms with Crippen molar-refractivity contribution in [2.75, 3.05) is 4.90 Å². The summed E-state index contributed by atoms with van der Waals surface area (Å²) in [6.07, 6.45) is 19.0. The first-order chi connectivity index (χ1) is 25.0. The van der Waals surface area contributed by atoms with Gasteiger partial charge in [0.05, 0.1) is 47.0 Å². The van der Waals surface area contributed by atoms with Gasteiger partial charge in [0.15, 0.2) is 0 Å². The van der Waals surface area contributed by atoms with Gasteiger partial charge < -0.3 is 9.47 Å². The van der Waals surface area contributed by atoms with Crippen LogP contribution in [0.2, 0.25) is 0 Å². The van der Waals surface area contributed by atoms with Gasteiger partial charge in [0.25, 0.3) is 0 Å². The van der Waals surface area contributed by atoms with E-state index in [-0.39, 0.29) is 17.9 Å². The number of rotatable bonds is 4. The normalized spacial score (nSPS) is 20.5. The summed E-state index contributed by atoms with van der Waals surface area (Å²) in [5.74, 6) is 0.526. The van der Waals surface area contributed by atoms with Gasteiger partial charge in [0.1, 0.15) is 0 Å². The molecule has 2 heterocycles. The number of allylic oxidation sites excluding steroid dienone is 4. The Kier molecular flexibility index (Phi) is 7.20. The molecule has 4 atom stereocenters. The van der Waals surface area contributed by atoms with E-state index in [1.807, 2.05) is 30.3 Å². The third-order valence-corrected chi connectivity index (χ3v) is 10.9. The van der Waals surface area contributed by atoms with Crippen LogP contribution in [-0.2, 0) is 12.8 Å². The topological polar surface area (TPSA) is 79.5 Å². The quantitative estimate of drug-likeness (QED) is 0.193. The van der Waals surface area contributed by atoms with Gasteiger partial charge in [0.2, 0.25) is 0 Å². The highest BCUT2D eigenvalue weighted by Crippen LogP contribution is 2.48. The molecule has 1 aromatic heterocycles. The Morgan fingerprint density at radius 1 is 0.627 bits per heavy atom. The van der Waals surface area contributed by atoms with Crippen molar-refractivity contribution in [2.45, 2.75) is 31.7 Å². The maximum atomic E-state index is 9.90. The summed E-state index contributed by atoms with van der Waals surface area (Å²) >= 11 is 0. The molecule has 5 heteroatoms. The Bertz CT molecular complexity index is 2490. The maximum Gasteiger partial charge on any atom is 0.0991 e. The minimum absolute atomic E-state index is 0.123. The van der Waals surface area contributed by atoms with Crippen LogP contribution >= 0.6 is 0 Å². The smallest absolute Gasteiger partial charge is 0.0991 e. The van der Waals surface area contributed by atoms with E-state index in [0.717, 1.165) is 57.9 Å². The SMILES string of the molecule is CC1C=Cc2c(c3c(n2-c2ccc(C#N)cc2-c2ccc(-c4ccc(N5c6ccc(C#N)cc6C6C=CC=CC65)cc4)cc2)C=CC(C#N)C3)C1. The Labute approximate surface area is 298 Å². The molecular formula is C46H33N5. The van der Waals surface area contributed by atoms with Gasteiger partial charge in [-0.25, -0.2) is 0 Å². The number of hydrogen-bond acceptors (Lipinski definition) is 4. The number of hydrogen-bond donors (Lipinski definition) is 0. The lowest BCUT2D eigenvalue weighted by Crippen LogP contribution is -2.28. The fourth-order valence-corrected chi connectivity index (χ4v) is 8.40. The standard InChI is InChI=1S/C46H33N5/c1-29-6-18-45-39(22-29)41-25-32(28-49)9-21-46(41)51(45)43-19-7-30(26-47)23-38(43)35-12-10-33(11-13-35)34-14-16-36(17-15-34)50-42-5-3-2-4-37(42)40-24-31(27-48)8-20-44(40)50/h2-21,23-24,29,32,37,42H,22,25H2,1H3. The number of anilines is 2. The van der Waals surface area contributed by atoms with E-state index >= 15 is 0 Å². The second-order valence-electron chi connectivity index (χ2n) is 13.9. The van der Waals surface area contributed by atoms with Gasteiger partial charge in [0, 0.05) is 34.2 Å². The van der Waals surface area contributed by atoms with Crippen molar-refractivity contribution in [1.29, 1.82) is 15.8 Å². The highest BCUT2D eigenvalue weighted by molar-refractivity contribution is 5.82. The Hall–Kier alpha value is -6.61. The van der Waals surface area contributed by atoms with E-state index in [4.69, 9.17) is 0 Å². The molecule has 0 bridgehead atoms. The highest BCUT2D eigenvalue weighted by atomic mass is 15.2. The molecule has 4 aliphatic rings. The minimum atomic E-state index is -0.123. The molecule has 0 fully saturated rings. The van der Waals surface area contributed by atoms with Gasteiger partial charge >= 0.3 is 0 Å². The first-order valence-electron chi connectivity index (χ1n) is 17.5. The molecule has 5 nitrogen and oxygen atoms in total. The summed E-state index contributed by atoms with van der Waals surface area (Å²) in [4.78, 5) is 2.38. The summed E-state index contributed by atoms with van der Waals surface area (Å²) in [5, 5.41) is 29.2. The molecule has 3 aliphatic carbocycles. The van der Waals surface area contributed by atoms with E-state index in [0.29, 0.717) is 17.0 Å². The van der Waals surface area contributed by atoms with Gasteiger partial charge in [-0.3, -0.25) is 0 Å². The van der Waals surface area contributed by atoms with Crippen molar-refractivity contribution in [1.82, 2.24) is 4.57 Å². The number of aromatic nitrogens is 1. The third kappa shape index (κ3) is 4.96. The van der Waals surface area contributed by atoms with Crippen LogP contribution in [0, 0.1) is 45.8 Å². The second-order valence-corrected chi connectivity index (χ2v) is 13.9. The maximum absolute atomic E-state index is 9.90. The summed E-state index contributed by atoms with van der Waals surface area (Å²) in [5.41, 5.74) is 14.9. The average molecular weight is 656 g/mol. The average Bonchev–Trinajstić information content (AvgIpc) is 3.69. The van der Waals surface area contributed by atoms with Crippen molar-refractivity contribution < 1.29 is 0 Å². The van der Waals surface area contributed by atoms with E-state index in [9.17, 15) is 15.8 Å². The molecular weight excluding hydrogens is 623 g/mol. The zero-order valence-corrected chi connectivity index (χ0v) is 28.2. The fraction of sp³-hybridized carbons (Fsp3) is 0.152. The number of fused-ring (bicyclic) bond motifs is 6. The van der Waals surface area contributed by atoms with Crippen LogP contribution in [0.3, 0.4) is 0 Å². The number of benzene rings is 4. The summed E-state index contributed by atoms with van der Waals surface area (Å²) in [6, 6.07) is 36.6. The molecule has 0 radical (unpaired) electrons. The molecule has 5 aromatic rings. The van der Waals surface area contributed by atoms with Crippen molar-refractivity contribution in [3.63, 3.8) is 0 Å². The Morgan fingerprint density at radius 3 is 1.98 bits per heavy atom. The lowest BCUT2D eigenvalue weighted by Gasteiger charge is -2.28. The van der Waals surface area contributed by atoms with Crippen LogP contribution in [0.4, 0.5) is 11.4 Å². The van der Waals surface area contributed by atoms with Gasteiger partial charge in [-0.15, -0.1) is 0 Å². The first kappa shape index (κ1) is 30.4. The lowest BCUT2D eigenvalue weighted by atomic mass is 9.86. The predicted molar refractivity (Wildman–Crippen MR) is 203 cm³/mol. The third-order valence-electron chi connectivity index (χ3n) is 10.9. The van der Waals surface area contributed by atoms with Crippen LogP contribution in [0.15, 0.2) is 121 Å². The first-order valence-corrected chi connectivity index (χ1v) is 17.5. The van der Waals surface area contributed by atoms with Crippen molar-refractivity contribution >= 4 is 23.5 Å². The Morgan fingerprint density at radius 2 is 1.25 bits per heavy atom. The van der Waals surface area contributed by atoms with Crippen LogP contribution in [0.5, 0.6) is 0 Å². The van der Waals surface area contributed by atoms with Crippen molar-refractivity contribution in [3.8, 4) is 46.1 Å². The van der Waals surface area contributed by atoms with Crippen LogP contribution in [-0.4, -0.2) is 10.6 Å². The van der Waals surface area contributed by atoms with Crippen LogP contribution < -0.4 is 4.90 Å². The molecule has 9 rings (SSSR count). The molecule has 0 amide bonds.